The molecule has 3 nitrogen and oxygen atoms in total. The molecule has 18 heavy (non-hydrogen) atoms. The Morgan fingerprint density at radius 3 is 2.44 bits per heavy atom. The average Bonchev–Trinajstić information content (AvgIpc) is 2.32. The zero-order valence-electron chi connectivity index (χ0n) is 9.15. The molecule has 0 radical (unpaired) electrons. The van der Waals surface area contributed by atoms with Gasteiger partial charge in [-0.15, -0.1) is 0 Å². The molecule has 2 aromatic carbocycles. The second-order valence-electron chi connectivity index (χ2n) is 3.63. The molecular weight excluding hydrogens is 257 g/mol. The first-order valence-corrected chi connectivity index (χ1v) is 5.49. The van der Waals surface area contributed by atoms with Gasteiger partial charge in [0, 0.05) is 10.6 Å². The molecule has 0 bridgehead atoms. The van der Waals surface area contributed by atoms with Gasteiger partial charge in [0.25, 0.3) is 0 Å². The first-order valence-electron chi connectivity index (χ1n) is 5.12. The van der Waals surface area contributed by atoms with Gasteiger partial charge < -0.3 is 5.11 Å². The fraction of sp³-hybridized carbons (Fsp3) is 0. The lowest BCUT2D eigenvalue weighted by atomic mass is 10.0. The fourth-order valence-electron chi connectivity index (χ4n) is 1.61. The van der Waals surface area contributed by atoms with Gasteiger partial charge in [0.1, 0.15) is 5.82 Å². The van der Waals surface area contributed by atoms with E-state index in [4.69, 9.17) is 16.7 Å². The summed E-state index contributed by atoms with van der Waals surface area (Å²) in [5, 5.41) is 11.5. The van der Waals surface area contributed by atoms with E-state index in [1.54, 1.807) is 24.3 Å². The average molecular weight is 266 g/mol. The van der Waals surface area contributed by atoms with Gasteiger partial charge in [0.15, 0.2) is 0 Å². The first kappa shape index (κ1) is 12.4. The lowest BCUT2D eigenvalue weighted by Gasteiger charge is -2.09. The molecule has 0 fully saturated rings. The molecule has 0 spiro atoms. The Hall–Kier alpha value is -2.07. The Bertz CT molecular complexity index is 584. The molecule has 1 amide bonds. The highest BCUT2D eigenvalue weighted by atomic mass is 35.5. The van der Waals surface area contributed by atoms with E-state index in [9.17, 15) is 9.18 Å². The van der Waals surface area contributed by atoms with Crippen LogP contribution in [0.15, 0.2) is 42.5 Å². The zero-order chi connectivity index (χ0) is 13.1. The summed E-state index contributed by atoms with van der Waals surface area (Å²) in [4.78, 5) is 10.7. The van der Waals surface area contributed by atoms with Crippen molar-refractivity contribution in [1.29, 1.82) is 0 Å². The van der Waals surface area contributed by atoms with Crippen LogP contribution in [0.4, 0.5) is 14.9 Å². The van der Waals surface area contributed by atoms with Crippen LogP contribution >= 0.6 is 11.6 Å². The summed E-state index contributed by atoms with van der Waals surface area (Å²) in [6, 6.07) is 10.6. The normalized spacial score (nSPS) is 10.1. The molecular formula is C13H9ClFNO2. The van der Waals surface area contributed by atoms with Crippen LogP contribution in [-0.4, -0.2) is 11.2 Å². The highest BCUT2D eigenvalue weighted by Gasteiger charge is 2.09. The van der Waals surface area contributed by atoms with Crippen molar-refractivity contribution in [1.82, 2.24) is 0 Å². The van der Waals surface area contributed by atoms with E-state index in [2.05, 4.69) is 5.32 Å². The van der Waals surface area contributed by atoms with Crippen molar-refractivity contribution in [2.24, 2.45) is 0 Å². The van der Waals surface area contributed by atoms with Crippen LogP contribution in [-0.2, 0) is 0 Å². The first-order chi connectivity index (χ1) is 8.56. The molecule has 0 saturated carbocycles. The molecule has 0 aromatic heterocycles. The third-order valence-corrected chi connectivity index (χ3v) is 2.63. The van der Waals surface area contributed by atoms with E-state index in [0.717, 1.165) is 0 Å². The van der Waals surface area contributed by atoms with Crippen molar-refractivity contribution < 1.29 is 14.3 Å². The van der Waals surface area contributed by atoms with Crippen molar-refractivity contribution in [3.63, 3.8) is 0 Å². The van der Waals surface area contributed by atoms with E-state index < -0.39 is 11.9 Å². The highest BCUT2D eigenvalue weighted by molar-refractivity contribution is 6.30. The number of hydrogen-bond acceptors (Lipinski definition) is 1. The van der Waals surface area contributed by atoms with Gasteiger partial charge in [-0.25, -0.2) is 9.18 Å². The molecule has 0 aliphatic heterocycles. The molecule has 0 atom stereocenters. The predicted octanol–water partition coefficient (Wildman–Crippen LogP) is 4.24. The quantitative estimate of drug-likeness (QED) is 0.853. The van der Waals surface area contributed by atoms with Gasteiger partial charge in [-0.2, -0.15) is 0 Å². The Labute approximate surface area is 108 Å². The lowest BCUT2D eigenvalue weighted by Crippen LogP contribution is -2.08. The largest absolute Gasteiger partial charge is 0.465 e. The van der Waals surface area contributed by atoms with E-state index in [1.165, 1.54) is 18.2 Å². The van der Waals surface area contributed by atoms with Gasteiger partial charge in [0.05, 0.1) is 5.69 Å². The topological polar surface area (TPSA) is 49.3 Å². The van der Waals surface area contributed by atoms with Gasteiger partial charge in [0.2, 0.25) is 0 Å². The molecule has 0 aliphatic carbocycles. The summed E-state index contributed by atoms with van der Waals surface area (Å²) in [7, 11) is 0. The molecule has 0 saturated heterocycles. The Morgan fingerprint density at radius 1 is 1.17 bits per heavy atom. The second-order valence-corrected chi connectivity index (χ2v) is 4.06. The molecule has 2 rings (SSSR count). The number of hydrogen-bond donors (Lipinski definition) is 2. The number of halogens is 2. The molecule has 92 valence electrons. The minimum absolute atomic E-state index is 0.325. The molecule has 2 aromatic rings. The van der Waals surface area contributed by atoms with Crippen LogP contribution in [0.1, 0.15) is 0 Å². The van der Waals surface area contributed by atoms with Gasteiger partial charge >= 0.3 is 6.09 Å². The maximum Gasteiger partial charge on any atom is 0.409 e. The third kappa shape index (κ3) is 2.78. The molecule has 5 heteroatoms. The Kier molecular flexibility index (Phi) is 3.48. The van der Waals surface area contributed by atoms with Crippen molar-refractivity contribution in [3.05, 3.63) is 53.3 Å². The minimum atomic E-state index is -1.20. The summed E-state index contributed by atoms with van der Waals surface area (Å²) in [5.41, 5.74) is 1.47. The molecule has 2 N–H and O–H groups in total. The van der Waals surface area contributed by atoms with Crippen LogP contribution in [0.2, 0.25) is 5.02 Å². The van der Waals surface area contributed by atoms with Crippen molar-refractivity contribution in [3.8, 4) is 11.1 Å². The van der Waals surface area contributed by atoms with Crippen LogP contribution in [0.25, 0.3) is 11.1 Å². The Balaban J connectivity index is 2.50. The van der Waals surface area contributed by atoms with E-state index in [-0.39, 0.29) is 0 Å². The number of anilines is 1. The number of carboxylic acid groups (broad SMARTS) is 1. The summed E-state index contributed by atoms with van der Waals surface area (Å²) in [6.07, 6.45) is -1.20. The Morgan fingerprint density at radius 2 is 1.83 bits per heavy atom. The number of benzene rings is 2. The summed E-state index contributed by atoms with van der Waals surface area (Å²) < 4.78 is 13.2. The van der Waals surface area contributed by atoms with E-state index >= 15 is 0 Å². The van der Waals surface area contributed by atoms with Crippen molar-refractivity contribution in [2.45, 2.75) is 0 Å². The number of rotatable bonds is 2. The van der Waals surface area contributed by atoms with Gasteiger partial charge in [-0.05, 0) is 35.9 Å². The third-order valence-electron chi connectivity index (χ3n) is 2.38. The second kappa shape index (κ2) is 5.06. The number of amides is 1. The monoisotopic (exact) mass is 265 g/mol. The lowest BCUT2D eigenvalue weighted by molar-refractivity contribution is 0.210. The fourth-order valence-corrected chi connectivity index (χ4v) is 1.73. The standard InChI is InChI=1S/C13H9ClFNO2/c14-9-3-1-8(2-4-9)11-7-10(15)5-6-12(11)16-13(17)18/h1-7,16H,(H,17,18). The van der Waals surface area contributed by atoms with E-state index in [1.807, 2.05) is 0 Å². The smallest absolute Gasteiger partial charge is 0.409 e. The summed E-state index contributed by atoms with van der Waals surface area (Å²) in [6.45, 7) is 0. The van der Waals surface area contributed by atoms with E-state index in [0.29, 0.717) is 21.8 Å². The summed E-state index contributed by atoms with van der Waals surface area (Å²) in [5.74, 6) is -0.434. The van der Waals surface area contributed by atoms with Crippen LogP contribution in [0.3, 0.4) is 0 Å². The molecule has 0 unspecified atom stereocenters. The van der Waals surface area contributed by atoms with Crippen LogP contribution in [0, 0.1) is 5.82 Å². The number of nitrogens with one attached hydrogen (secondary N) is 1. The predicted molar refractivity (Wildman–Crippen MR) is 68.5 cm³/mol. The minimum Gasteiger partial charge on any atom is -0.465 e. The summed E-state index contributed by atoms with van der Waals surface area (Å²) >= 11 is 5.77. The van der Waals surface area contributed by atoms with Gasteiger partial charge in [-0.3, -0.25) is 5.32 Å². The van der Waals surface area contributed by atoms with Gasteiger partial charge in [-0.1, -0.05) is 23.7 Å². The van der Waals surface area contributed by atoms with Crippen molar-refractivity contribution >= 4 is 23.4 Å². The molecule has 0 aliphatic rings. The molecule has 0 heterocycles. The maximum absolute atomic E-state index is 13.2. The van der Waals surface area contributed by atoms with Crippen molar-refractivity contribution in [2.75, 3.05) is 5.32 Å². The maximum atomic E-state index is 13.2. The highest BCUT2D eigenvalue weighted by Crippen LogP contribution is 2.29. The zero-order valence-corrected chi connectivity index (χ0v) is 9.91. The van der Waals surface area contributed by atoms with Crippen LogP contribution < -0.4 is 5.32 Å². The van der Waals surface area contributed by atoms with Crippen LogP contribution in [0.5, 0.6) is 0 Å². The SMILES string of the molecule is O=C(O)Nc1ccc(F)cc1-c1ccc(Cl)cc1. The number of carbonyl (C=O) groups is 1.